The summed E-state index contributed by atoms with van der Waals surface area (Å²) < 4.78 is 6.05. The van der Waals surface area contributed by atoms with Crippen LogP contribution in [0.3, 0.4) is 0 Å². The smallest absolute Gasteiger partial charge is 0.251 e. The van der Waals surface area contributed by atoms with Gasteiger partial charge in [-0.05, 0) is 66.8 Å². The Labute approximate surface area is 287 Å². The summed E-state index contributed by atoms with van der Waals surface area (Å²) in [6, 6.07) is 11.0. The lowest BCUT2D eigenvalue weighted by Crippen LogP contribution is -2.57. The van der Waals surface area contributed by atoms with Crippen molar-refractivity contribution in [3.05, 3.63) is 47.5 Å². The van der Waals surface area contributed by atoms with E-state index in [4.69, 9.17) is 9.57 Å². The van der Waals surface area contributed by atoms with Gasteiger partial charge in [0.25, 0.3) is 5.91 Å². The Kier molecular flexibility index (Phi) is 12.2. The average Bonchev–Trinajstić information content (AvgIpc) is 3.42. The second-order valence-corrected chi connectivity index (χ2v) is 14.8. The number of nitrogens with zero attached hydrogens (tertiary/aromatic N) is 2. The number of likely N-dealkylation sites (N-methyl/N-ethyl adjacent to an activating group) is 1. The number of carbonyl (C=O) groups excluding carboxylic acids is 2. The second-order valence-electron chi connectivity index (χ2n) is 14.8. The molecule has 2 aromatic rings. The van der Waals surface area contributed by atoms with E-state index in [1.807, 2.05) is 62.3 Å². The molecular weight excluding hydrogens is 606 g/mol. The van der Waals surface area contributed by atoms with Crippen LogP contribution in [0, 0.1) is 29.1 Å². The molecule has 10 nitrogen and oxygen atoms in total. The van der Waals surface area contributed by atoms with Gasteiger partial charge in [0.15, 0.2) is 0 Å². The van der Waals surface area contributed by atoms with Crippen molar-refractivity contribution in [3.8, 4) is 16.9 Å². The maximum Gasteiger partial charge on any atom is 0.251 e. The number of para-hydroxylation sites is 1. The van der Waals surface area contributed by atoms with E-state index >= 15 is 0 Å². The predicted molar refractivity (Wildman–Crippen MR) is 192 cm³/mol. The van der Waals surface area contributed by atoms with Crippen molar-refractivity contribution in [3.63, 3.8) is 0 Å². The van der Waals surface area contributed by atoms with Crippen LogP contribution in [-0.2, 0) is 16.2 Å². The Balaban J connectivity index is 1.72. The Morgan fingerprint density at radius 1 is 1.17 bits per heavy atom. The van der Waals surface area contributed by atoms with Crippen LogP contribution in [0.15, 0.2) is 36.4 Å². The van der Waals surface area contributed by atoms with Crippen LogP contribution in [-0.4, -0.2) is 87.6 Å². The molecule has 2 fully saturated rings. The third-order valence-electron chi connectivity index (χ3n) is 11.5. The van der Waals surface area contributed by atoms with Gasteiger partial charge in [0.1, 0.15) is 11.8 Å². The fourth-order valence-electron chi connectivity index (χ4n) is 7.66. The molecule has 1 heterocycles. The molecule has 0 aromatic heterocycles. The lowest BCUT2D eigenvalue weighted by Gasteiger charge is -2.50. The van der Waals surface area contributed by atoms with Gasteiger partial charge in [0.05, 0.1) is 25.9 Å². The van der Waals surface area contributed by atoms with E-state index in [9.17, 15) is 14.7 Å². The highest BCUT2D eigenvalue weighted by Crippen LogP contribution is 2.47. The summed E-state index contributed by atoms with van der Waals surface area (Å²) in [7, 11) is 7.13. The molecule has 4 N–H and O–H groups in total. The summed E-state index contributed by atoms with van der Waals surface area (Å²) in [5.41, 5.74) is 4.08. The van der Waals surface area contributed by atoms with Crippen LogP contribution in [0.1, 0.15) is 70.8 Å². The number of hydrogen-bond acceptors (Lipinski definition) is 8. The van der Waals surface area contributed by atoms with Gasteiger partial charge in [-0.3, -0.25) is 14.4 Å². The number of carbonyl (C=O) groups is 2. The molecule has 48 heavy (non-hydrogen) atoms. The minimum absolute atomic E-state index is 0.0243. The highest BCUT2D eigenvalue weighted by Gasteiger charge is 2.51. The van der Waals surface area contributed by atoms with E-state index in [0.717, 1.165) is 35.3 Å². The zero-order valence-corrected chi connectivity index (χ0v) is 30.9. The molecule has 0 unspecified atom stereocenters. The summed E-state index contributed by atoms with van der Waals surface area (Å²) in [4.78, 5) is 35.6. The summed E-state index contributed by atoms with van der Waals surface area (Å²) in [5, 5.41) is 22.4. The van der Waals surface area contributed by atoms with E-state index in [1.54, 1.807) is 26.1 Å². The first-order valence-electron chi connectivity index (χ1n) is 17.5. The highest BCUT2D eigenvalue weighted by molar-refractivity contribution is 5.97. The monoisotopic (exact) mass is 665 g/mol. The van der Waals surface area contributed by atoms with Gasteiger partial charge in [-0.15, -0.1) is 0 Å². The summed E-state index contributed by atoms with van der Waals surface area (Å²) >= 11 is 0. The van der Waals surface area contributed by atoms with Crippen LogP contribution in [0.25, 0.3) is 11.1 Å². The minimum atomic E-state index is -0.778. The number of aliphatic hydroxyl groups excluding tert-OH is 1. The van der Waals surface area contributed by atoms with Crippen molar-refractivity contribution < 1.29 is 24.3 Å². The van der Waals surface area contributed by atoms with Crippen molar-refractivity contribution >= 4 is 17.5 Å². The molecular formula is C38H59N5O5. The van der Waals surface area contributed by atoms with Crippen molar-refractivity contribution in [1.29, 1.82) is 0 Å². The third-order valence-corrected chi connectivity index (χ3v) is 11.5. The second kappa shape index (κ2) is 15.6. The van der Waals surface area contributed by atoms with Crippen molar-refractivity contribution in [2.24, 2.45) is 29.1 Å². The largest absolute Gasteiger partial charge is 0.496 e. The Bertz CT molecular complexity index is 1430. The van der Waals surface area contributed by atoms with Gasteiger partial charge in [-0.2, -0.15) is 5.06 Å². The number of methoxy groups -OCH3 is 1. The van der Waals surface area contributed by atoms with Gasteiger partial charge in [0, 0.05) is 62.0 Å². The number of anilines is 1. The zero-order chi connectivity index (χ0) is 35.5. The summed E-state index contributed by atoms with van der Waals surface area (Å²) in [6.07, 6.45) is -0.278. The lowest BCUT2D eigenvalue weighted by atomic mass is 9.58. The number of ether oxygens (including phenoxy) is 1. The zero-order valence-electron chi connectivity index (χ0n) is 30.9. The van der Waals surface area contributed by atoms with E-state index in [-0.39, 0.29) is 29.8 Å². The first-order valence-corrected chi connectivity index (χ1v) is 17.5. The Hall–Kier alpha value is -3.18. The van der Waals surface area contributed by atoms with Crippen LogP contribution >= 0.6 is 0 Å². The maximum atomic E-state index is 14.4. The molecule has 2 aromatic carbocycles. The topological polar surface area (TPSA) is 115 Å². The fraction of sp³-hybridized carbons (Fsp3) is 0.632. The number of rotatable bonds is 12. The summed E-state index contributed by atoms with van der Waals surface area (Å²) in [5.74, 6) is 1.06. The molecule has 0 radical (unpaired) electrons. The van der Waals surface area contributed by atoms with Gasteiger partial charge >= 0.3 is 0 Å². The molecule has 2 amide bonds. The van der Waals surface area contributed by atoms with E-state index < -0.39 is 24.2 Å². The predicted octanol–water partition coefficient (Wildman–Crippen LogP) is 4.70. The molecule has 2 aliphatic rings. The summed E-state index contributed by atoms with van der Waals surface area (Å²) in [6.45, 7) is 16.8. The quantitative estimate of drug-likeness (QED) is 0.258. The fourth-order valence-corrected chi connectivity index (χ4v) is 7.66. The van der Waals surface area contributed by atoms with E-state index in [1.165, 1.54) is 0 Å². The van der Waals surface area contributed by atoms with Crippen LogP contribution in [0.2, 0.25) is 0 Å². The highest BCUT2D eigenvalue weighted by atomic mass is 16.7. The van der Waals surface area contributed by atoms with Crippen LogP contribution in [0.4, 0.5) is 5.69 Å². The van der Waals surface area contributed by atoms with Gasteiger partial charge in [-0.1, -0.05) is 59.7 Å². The van der Waals surface area contributed by atoms with Crippen molar-refractivity contribution in [2.45, 2.75) is 85.7 Å². The number of aliphatic hydroxyl groups is 1. The average molecular weight is 666 g/mol. The molecule has 1 aliphatic heterocycles. The number of hydroxylamine groups is 2. The van der Waals surface area contributed by atoms with Crippen LogP contribution < -0.4 is 25.6 Å². The molecule has 266 valence electrons. The third kappa shape index (κ3) is 7.67. The van der Waals surface area contributed by atoms with Gasteiger partial charge in [-0.25, -0.2) is 0 Å². The Morgan fingerprint density at radius 3 is 2.48 bits per heavy atom. The number of nitrogens with one attached hydrogen (secondary N) is 3. The standard InChI is InChI=1S/C38H59N5O5/c1-12-40-20-32-33(25(5)44)34(37(46)41-31-16-22(2)38(6,7)24(4)23(31)3)43(48-32)21-26-14-13-15-30(35(26)47-11)27-17-28(36(45)39-8)19-29(18-27)42(9)10/h13-15,17-19,22-25,31-34,40,44H,12,16,20-21H2,1-11H3,(H,39,45)(H,41,46)/t22-,23+,24+,25+,31+,32+,33-,34+/m1/s1. The number of hydrogen-bond donors (Lipinski definition) is 4. The van der Waals surface area contributed by atoms with E-state index in [0.29, 0.717) is 35.6 Å². The molecule has 0 bridgehead atoms. The molecule has 4 rings (SSSR count). The Morgan fingerprint density at radius 2 is 1.88 bits per heavy atom. The SMILES string of the molecule is CCNC[C@@H]1ON(Cc2cccc(-c3cc(C(=O)NC)cc(N(C)C)c3)c2OC)[C@H](C(=O)N[C@H]2C[C@@H](C)C(C)(C)[C@@H](C)[C@@H]2C)[C@@H]1[C@H](C)O. The molecule has 10 heteroatoms. The van der Waals surface area contributed by atoms with Crippen molar-refractivity contribution in [1.82, 2.24) is 21.0 Å². The first kappa shape index (κ1) is 37.6. The van der Waals surface area contributed by atoms with Crippen LogP contribution in [0.5, 0.6) is 5.75 Å². The van der Waals surface area contributed by atoms with Crippen molar-refractivity contribution in [2.75, 3.05) is 46.2 Å². The molecule has 1 saturated heterocycles. The maximum absolute atomic E-state index is 14.4. The van der Waals surface area contributed by atoms with E-state index in [2.05, 4.69) is 50.6 Å². The first-order chi connectivity index (χ1) is 22.7. The molecule has 1 saturated carbocycles. The lowest BCUT2D eigenvalue weighted by molar-refractivity contribution is -0.175. The molecule has 8 atom stereocenters. The van der Waals surface area contributed by atoms with Gasteiger partial charge < -0.3 is 30.7 Å². The number of amides is 2. The number of benzene rings is 2. The van der Waals surface area contributed by atoms with Gasteiger partial charge in [0.2, 0.25) is 5.91 Å². The molecule has 1 aliphatic carbocycles. The normalized spacial score (nSPS) is 27.7. The minimum Gasteiger partial charge on any atom is -0.496 e. The molecule has 0 spiro atoms.